The highest BCUT2D eigenvalue weighted by Gasteiger charge is 2.39. The topological polar surface area (TPSA) is 26.0 Å². The molecule has 1 aromatic carbocycles. The lowest BCUT2D eigenvalue weighted by atomic mass is 9.63. The zero-order valence-electron chi connectivity index (χ0n) is 10.2. The first-order valence-electron chi connectivity index (χ1n) is 6.59. The highest BCUT2D eigenvalue weighted by Crippen LogP contribution is 2.46. The molecule has 0 atom stereocenters. The van der Waals surface area contributed by atoms with Crippen molar-refractivity contribution in [3.63, 3.8) is 0 Å². The Labute approximate surface area is 98.0 Å². The summed E-state index contributed by atoms with van der Waals surface area (Å²) < 4.78 is 0. The Morgan fingerprint density at radius 2 is 1.88 bits per heavy atom. The molecular weight excluding hydrogens is 194 g/mol. The molecular formula is C15H21N. The number of hydrogen-bond donors (Lipinski definition) is 1. The molecule has 1 aromatic rings. The fraction of sp³-hybridized carbons (Fsp3) is 0.600. The summed E-state index contributed by atoms with van der Waals surface area (Å²) >= 11 is 0. The van der Waals surface area contributed by atoms with Crippen LogP contribution in [-0.2, 0) is 18.3 Å². The van der Waals surface area contributed by atoms with Crippen LogP contribution >= 0.6 is 0 Å². The quantitative estimate of drug-likeness (QED) is 0.806. The molecule has 1 heteroatoms. The van der Waals surface area contributed by atoms with Crippen molar-refractivity contribution in [3.05, 3.63) is 34.4 Å². The van der Waals surface area contributed by atoms with Gasteiger partial charge in [-0.1, -0.05) is 18.6 Å². The monoisotopic (exact) mass is 215 g/mol. The predicted molar refractivity (Wildman–Crippen MR) is 67.8 cm³/mol. The van der Waals surface area contributed by atoms with Crippen molar-refractivity contribution in [1.29, 1.82) is 0 Å². The second-order valence-electron chi connectivity index (χ2n) is 5.58. The van der Waals surface area contributed by atoms with Crippen LogP contribution in [0.15, 0.2) is 12.1 Å². The van der Waals surface area contributed by atoms with Gasteiger partial charge in [0, 0.05) is 12.0 Å². The molecule has 1 nitrogen and oxygen atoms in total. The fourth-order valence-corrected chi connectivity index (χ4v) is 3.57. The zero-order chi connectivity index (χ0) is 11.2. The summed E-state index contributed by atoms with van der Waals surface area (Å²) in [5.74, 6) is 0. The van der Waals surface area contributed by atoms with Crippen LogP contribution in [0.4, 0.5) is 0 Å². The van der Waals surface area contributed by atoms with Crippen molar-refractivity contribution >= 4 is 0 Å². The number of rotatable bonds is 2. The average molecular weight is 215 g/mol. The van der Waals surface area contributed by atoms with Gasteiger partial charge in [-0.05, 0) is 61.3 Å². The molecule has 0 aliphatic heterocycles. The zero-order valence-corrected chi connectivity index (χ0v) is 10.2. The number of fused-ring (bicyclic) bond motifs is 1. The minimum Gasteiger partial charge on any atom is -0.330 e. The van der Waals surface area contributed by atoms with E-state index in [-0.39, 0.29) is 0 Å². The summed E-state index contributed by atoms with van der Waals surface area (Å²) in [7, 11) is 0. The highest BCUT2D eigenvalue weighted by atomic mass is 14.6. The molecule has 0 spiro atoms. The molecule has 86 valence electrons. The van der Waals surface area contributed by atoms with Gasteiger partial charge in [0.05, 0.1) is 0 Å². The van der Waals surface area contributed by atoms with Crippen LogP contribution in [0.3, 0.4) is 0 Å². The first-order chi connectivity index (χ1) is 7.77. The van der Waals surface area contributed by atoms with E-state index in [1.165, 1.54) is 44.1 Å². The first-order valence-corrected chi connectivity index (χ1v) is 6.59. The lowest BCUT2D eigenvalue weighted by molar-refractivity contribution is 0.251. The van der Waals surface area contributed by atoms with E-state index >= 15 is 0 Å². The normalized spacial score (nSPS) is 21.6. The van der Waals surface area contributed by atoms with Gasteiger partial charge in [0.15, 0.2) is 0 Å². The van der Waals surface area contributed by atoms with E-state index in [0.29, 0.717) is 5.41 Å². The molecule has 1 saturated carbocycles. The number of aryl methyl sites for hydroxylation is 1. The average Bonchev–Trinajstić information content (AvgIpc) is 2.70. The standard InChI is InChI=1S/C15H21N/c1-11-6-7-14(13-5-2-4-12(11)13)15(10-16)8-3-9-15/h6-7H,2-5,8-10,16H2,1H3. The third-order valence-electron chi connectivity index (χ3n) is 4.79. The Kier molecular flexibility index (Phi) is 2.32. The first kappa shape index (κ1) is 10.3. The van der Waals surface area contributed by atoms with E-state index in [1.54, 1.807) is 16.7 Å². The van der Waals surface area contributed by atoms with E-state index in [9.17, 15) is 0 Å². The summed E-state index contributed by atoms with van der Waals surface area (Å²) in [5.41, 5.74) is 12.8. The van der Waals surface area contributed by atoms with E-state index < -0.39 is 0 Å². The lowest BCUT2D eigenvalue weighted by Gasteiger charge is -2.43. The molecule has 16 heavy (non-hydrogen) atoms. The second kappa shape index (κ2) is 3.59. The van der Waals surface area contributed by atoms with Crippen LogP contribution in [0.25, 0.3) is 0 Å². The largest absolute Gasteiger partial charge is 0.330 e. The van der Waals surface area contributed by atoms with Crippen molar-refractivity contribution in [3.8, 4) is 0 Å². The molecule has 2 N–H and O–H groups in total. The number of nitrogens with two attached hydrogens (primary N) is 1. The van der Waals surface area contributed by atoms with Gasteiger partial charge in [-0.15, -0.1) is 0 Å². The fourth-order valence-electron chi connectivity index (χ4n) is 3.57. The van der Waals surface area contributed by atoms with Crippen LogP contribution in [0.5, 0.6) is 0 Å². The maximum atomic E-state index is 6.03. The third-order valence-corrected chi connectivity index (χ3v) is 4.79. The van der Waals surface area contributed by atoms with Gasteiger partial charge in [-0.25, -0.2) is 0 Å². The van der Waals surface area contributed by atoms with Crippen molar-refractivity contribution in [2.75, 3.05) is 6.54 Å². The Bertz CT molecular complexity index is 410. The minimum absolute atomic E-state index is 0.349. The van der Waals surface area contributed by atoms with Gasteiger partial charge >= 0.3 is 0 Å². The predicted octanol–water partition coefficient (Wildman–Crippen LogP) is 2.86. The molecule has 0 unspecified atom stereocenters. The number of hydrogen-bond acceptors (Lipinski definition) is 1. The van der Waals surface area contributed by atoms with Crippen LogP contribution in [0.2, 0.25) is 0 Å². The lowest BCUT2D eigenvalue weighted by Crippen LogP contribution is -2.42. The van der Waals surface area contributed by atoms with Crippen molar-refractivity contribution in [1.82, 2.24) is 0 Å². The van der Waals surface area contributed by atoms with E-state index in [1.807, 2.05) is 0 Å². The summed E-state index contributed by atoms with van der Waals surface area (Å²) in [6, 6.07) is 4.68. The Morgan fingerprint density at radius 3 is 2.50 bits per heavy atom. The van der Waals surface area contributed by atoms with Crippen LogP contribution in [0, 0.1) is 6.92 Å². The molecule has 3 rings (SSSR count). The molecule has 0 aromatic heterocycles. The van der Waals surface area contributed by atoms with E-state index in [2.05, 4.69) is 19.1 Å². The highest BCUT2D eigenvalue weighted by molar-refractivity contribution is 5.47. The summed E-state index contributed by atoms with van der Waals surface area (Å²) in [6.45, 7) is 3.09. The Balaban J connectivity index is 2.11. The second-order valence-corrected chi connectivity index (χ2v) is 5.58. The molecule has 0 radical (unpaired) electrons. The van der Waals surface area contributed by atoms with Gasteiger partial charge in [0.25, 0.3) is 0 Å². The van der Waals surface area contributed by atoms with E-state index in [0.717, 1.165) is 6.54 Å². The Hall–Kier alpha value is -0.820. The maximum absolute atomic E-state index is 6.03. The van der Waals surface area contributed by atoms with Crippen molar-refractivity contribution < 1.29 is 0 Å². The molecule has 2 aliphatic carbocycles. The molecule has 0 saturated heterocycles. The molecule has 0 heterocycles. The van der Waals surface area contributed by atoms with Gasteiger partial charge in [-0.3, -0.25) is 0 Å². The third kappa shape index (κ3) is 1.27. The van der Waals surface area contributed by atoms with Gasteiger partial charge in [0.2, 0.25) is 0 Å². The summed E-state index contributed by atoms with van der Waals surface area (Å²) in [4.78, 5) is 0. The molecule has 1 fully saturated rings. The molecule has 2 aliphatic rings. The van der Waals surface area contributed by atoms with Gasteiger partial charge < -0.3 is 5.73 Å². The van der Waals surface area contributed by atoms with E-state index in [4.69, 9.17) is 5.73 Å². The van der Waals surface area contributed by atoms with Crippen LogP contribution in [-0.4, -0.2) is 6.54 Å². The minimum atomic E-state index is 0.349. The Morgan fingerprint density at radius 1 is 1.12 bits per heavy atom. The van der Waals surface area contributed by atoms with Crippen LogP contribution < -0.4 is 5.73 Å². The summed E-state index contributed by atoms with van der Waals surface area (Å²) in [5, 5.41) is 0. The van der Waals surface area contributed by atoms with Crippen molar-refractivity contribution in [2.45, 2.75) is 50.9 Å². The van der Waals surface area contributed by atoms with Crippen LogP contribution in [0.1, 0.15) is 47.9 Å². The molecule has 0 amide bonds. The maximum Gasteiger partial charge on any atom is 0.00784 e. The number of benzene rings is 1. The SMILES string of the molecule is Cc1ccc(C2(CN)CCC2)c2c1CCC2. The molecule has 0 bridgehead atoms. The summed E-state index contributed by atoms with van der Waals surface area (Å²) in [6.07, 6.45) is 7.88. The van der Waals surface area contributed by atoms with Gasteiger partial charge in [0.1, 0.15) is 0 Å². The van der Waals surface area contributed by atoms with Gasteiger partial charge in [-0.2, -0.15) is 0 Å². The smallest absolute Gasteiger partial charge is 0.00784 e. The van der Waals surface area contributed by atoms with Crippen molar-refractivity contribution in [2.24, 2.45) is 5.73 Å².